The molecule has 0 radical (unpaired) electrons. The van der Waals surface area contributed by atoms with Crippen LogP contribution in [0.15, 0.2) is 22.7 Å². The first-order chi connectivity index (χ1) is 9.40. The molecule has 1 rings (SSSR count). The first-order valence-corrected chi connectivity index (χ1v) is 8.52. The number of nitrogens with one attached hydrogen (secondary N) is 1. The minimum Gasteiger partial charge on any atom is -0.344 e. The average molecular weight is 378 g/mol. The maximum Gasteiger partial charge on any atom is 0.173 e. The van der Waals surface area contributed by atoms with Gasteiger partial charge in [-0.1, -0.05) is 41.4 Å². The van der Waals surface area contributed by atoms with Crippen LogP contribution < -0.4 is 5.32 Å². The summed E-state index contributed by atoms with van der Waals surface area (Å²) >= 11 is 15.2. The van der Waals surface area contributed by atoms with Gasteiger partial charge in [-0.05, 0) is 57.1 Å². The predicted octanol–water partition coefficient (Wildman–Crippen LogP) is 5.70. The Hall–Kier alpha value is -0.320. The van der Waals surface area contributed by atoms with E-state index in [-0.39, 0.29) is 0 Å². The van der Waals surface area contributed by atoms with Crippen LogP contribution in [0.2, 0.25) is 5.02 Å². The maximum absolute atomic E-state index is 6.23. The van der Waals surface area contributed by atoms with Gasteiger partial charge in [0.15, 0.2) is 5.11 Å². The molecule has 5 heteroatoms. The van der Waals surface area contributed by atoms with E-state index in [1.54, 1.807) is 0 Å². The number of rotatable bonds is 5. The lowest BCUT2D eigenvalue weighted by Crippen LogP contribution is -2.46. The van der Waals surface area contributed by atoms with E-state index in [2.05, 4.69) is 53.8 Å². The highest BCUT2D eigenvalue weighted by Gasteiger charge is 2.21. The number of hydrogen-bond acceptors (Lipinski definition) is 1. The van der Waals surface area contributed by atoms with E-state index >= 15 is 0 Å². The van der Waals surface area contributed by atoms with Crippen LogP contribution in [0.5, 0.6) is 0 Å². The van der Waals surface area contributed by atoms with E-state index in [1.165, 1.54) is 0 Å². The molecular formula is C15H22BrClN2S. The van der Waals surface area contributed by atoms with Crippen LogP contribution in [0.1, 0.15) is 40.5 Å². The molecule has 0 aliphatic heterocycles. The van der Waals surface area contributed by atoms with Crippen molar-refractivity contribution in [3.8, 4) is 0 Å². The Morgan fingerprint density at radius 2 is 1.85 bits per heavy atom. The predicted molar refractivity (Wildman–Crippen MR) is 96.7 cm³/mol. The quantitative estimate of drug-likeness (QED) is 0.663. The molecule has 1 N–H and O–H groups in total. The molecule has 1 aromatic rings. The SMILES string of the molecule is CCC(C)N(C(=S)Nc1ccc(Br)cc1Cl)C(C)CC. The van der Waals surface area contributed by atoms with Crippen LogP contribution in [0.3, 0.4) is 0 Å². The molecule has 0 aromatic heterocycles. The fourth-order valence-electron chi connectivity index (χ4n) is 2.00. The first kappa shape index (κ1) is 17.7. The number of halogens is 2. The summed E-state index contributed by atoms with van der Waals surface area (Å²) in [5, 5.41) is 4.67. The monoisotopic (exact) mass is 376 g/mol. The third kappa shape index (κ3) is 4.61. The van der Waals surface area contributed by atoms with E-state index in [4.69, 9.17) is 23.8 Å². The molecule has 0 saturated heterocycles. The zero-order valence-corrected chi connectivity index (χ0v) is 15.6. The first-order valence-electron chi connectivity index (χ1n) is 6.95. The second-order valence-corrected chi connectivity index (χ2v) is 6.69. The molecule has 20 heavy (non-hydrogen) atoms. The van der Waals surface area contributed by atoms with E-state index in [0.717, 1.165) is 28.1 Å². The molecule has 0 fully saturated rings. The summed E-state index contributed by atoms with van der Waals surface area (Å²) in [6.07, 6.45) is 2.11. The number of thiocarbonyl (C=S) groups is 1. The standard InChI is InChI=1S/C15H22BrClN2S/c1-5-10(3)19(11(4)6-2)15(20)18-14-8-7-12(16)9-13(14)17/h7-11H,5-6H2,1-4H3,(H,18,20). The van der Waals surface area contributed by atoms with Gasteiger partial charge < -0.3 is 10.2 Å². The molecular weight excluding hydrogens is 356 g/mol. The van der Waals surface area contributed by atoms with E-state index in [9.17, 15) is 0 Å². The maximum atomic E-state index is 6.23. The van der Waals surface area contributed by atoms with Gasteiger partial charge in [-0.3, -0.25) is 0 Å². The molecule has 0 bridgehead atoms. The second kappa shape index (κ2) is 8.20. The lowest BCUT2D eigenvalue weighted by Gasteiger charge is -2.36. The Morgan fingerprint density at radius 3 is 2.30 bits per heavy atom. The van der Waals surface area contributed by atoms with Crippen molar-refractivity contribution < 1.29 is 0 Å². The van der Waals surface area contributed by atoms with E-state index in [1.807, 2.05) is 18.2 Å². The van der Waals surface area contributed by atoms with Crippen molar-refractivity contribution in [1.82, 2.24) is 4.90 Å². The highest BCUT2D eigenvalue weighted by atomic mass is 79.9. The van der Waals surface area contributed by atoms with Gasteiger partial charge in [-0.15, -0.1) is 0 Å². The van der Waals surface area contributed by atoms with Gasteiger partial charge in [0.2, 0.25) is 0 Å². The van der Waals surface area contributed by atoms with E-state index < -0.39 is 0 Å². The number of nitrogens with zero attached hydrogens (tertiary/aromatic N) is 1. The van der Waals surface area contributed by atoms with Gasteiger partial charge in [0.25, 0.3) is 0 Å². The van der Waals surface area contributed by atoms with Crippen molar-refractivity contribution in [3.63, 3.8) is 0 Å². The highest BCUT2D eigenvalue weighted by molar-refractivity contribution is 9.10. The highest BCUT2D eigenvalue weighted by Crippen LogP contribution is 2.26. The van der Waals surface area contributed by atoms with Crippen molar-refractivity contribution in [1.29, 1.82) is 0 Å². The molecule has 0 amide bonds. The average Bonchev–Trinajstić information content (AvgIpc) is 2.41. The van der Waals surface area contributed by atoms with Crippen LogP contribution in [0.25, 0.3) is 0 Å². The van der Waals surface area contributed by atoms with Crippen molar-refractivity contribution in [2.45, 2.75) is 52.6 Å². The normalized spacial score (nSPS) is 13.7. The fraction of sp³-hybridized carbons (Fsp3) is 0.533. The third-order valence-corrected chi connectivity index (χ3v) is 4.66. The summed E-state index contributed by atoms with van der Waals surface area (Å²) in [6.45, 7) is 8.75. The Morgan fingerprint density at radius 1 is 1.30 bits per heavy atom. The van der Waals surface area contributed by atoms with Crippen LogP contribution in [-0.4, -0.2) is 22.1 Å². The molecule has 0 aliphatic carbocycles. The molecule has 2 nitrogen and oxygen atoms in total. The van der Waals surface area contributed by atoms with E-state index in [0.29, 0.717) is 17.1 Å². The summed E-state index contributed by atoms with van der Waals surface area (Å²) in [5.74, 6) is 0. The molecule has 2 atom stereocenters. The van der Waals surface area contributed by atoms with Crippen LogP contribution in [-0.2, 0) is 0 Å². The minimum absolute atomic E-state index is 0.402. The van der Waals surface area contributed by atoms with Gasteiger partial charge in [0, 0.05) is 16.6 Å². The zero-order chi connectivity index (χ0) is 15.3. The number of hydrogen-bond donors (Lipinski definition) is 1. The van der Waals surface area contributed by atoms with Crippen molar-refractivity contribution in [3.05, 3.63) is 27.7 Å². The van der Waals surface area contributed by atoms with Gasteiger partial charge in [-0.25, -0.2) is 0 Å². The summed E-state index contributed by atoms with van der Waals surface area (Å²) in [4.78, 5) is 2.26. The van der Waals surface area contributed by atoms with Gasteiger partial charge in [0.1, 0.15) is 0 Å². The smallest absolute Gasteiger partial charge is 0.173 e. The summed E-state index contributed by atoms with van der Waals surface area (Å²) in [6, 6.07) is 6.56. The molecule has 0 aliphatic rings. The molecule has 0 heterocycles. The summed E-state index contributed by atoms with van der Waals surface area (Å²) in [7, 11) is 0. The Bertz CT molecular complexity index is 457. The Kier molecular flexibility index (Phi) is 7.27. The molecule has 0 spiro atoms. The zero-order valence-electron chi connectivity index (χ0n) is 12.4. The minimum atomic E-state index is 0.402. The lowest BCUT2D eigenvalue weighted by atomic mass is 10.1. The fourth-order valence-corrected chi connectivity index (χ4v) is 3.19. The van der Waals surface area contributed by atoms with Crippen LogP contribution >= 0.6 is 39.7 Å². The number of benzene rings is 1. The summed E-state index contributed by atoms with van der Waals surface area (Å²) < 4.78 is 0.958. The lowest BCUT2D eigenvalue weighted by molar-refractivity contribution is 0.254. The van der Waals surface area contributed by atoms with Crippen molar-refractivity contribution >= 4 is 50.5 Å². The summed E-state index contributed by atoms with van der Waals surface area (Å²) in [5.41, 5.74) is 0.844. The number of anilines is 1. The molecule has 1 aromatic carbocycles. The third-order valence-electron chi connectivity index (χ3n) is 3.54. The molecule has 2 unspecified atom stereocenters. The Balaban J connectivity index is 2.90. The van der Waals surface area contributed by atoms with Crippen molar-refractivity contribution in [2.24, 2.45) is 0 Å². The van der Waals surface area contributed by atoms with Gasteiger partial charge >= 0.3 is 0 Å². The molecule has 0 saturated carbocycles. The van der Waals surface area contributed by atoms with Gasteiger partial charge in [-0.2, -0.15) is 0 Å². The topological polar surface area (TPSA) is 15.3 Å². The van der Waals surface area contributed by atoms with Crippen LogP contribution in [0.4, 0.5) is 5.69 Å². The largest absolute Gasteiger partial charge is 0.344 e. The van der Waals surface area contributed by atoms with Gasteiger partial charge in [0.05, 0.1) is 10.7 Å². The van der Waals surface area contributed by atoms with Crippen LogP contribution in [0, 0.1) is 0 Å². The second-order valence-electron chi connectivity index (χ2n) is 4.98. The van der Waals surface area contributed by atoms with Crippen molar-refractivity contribution in [2.75, 3.05) is 5.32 Å². The Labute approximate surface area is 141 Å². The molecule has 112 valence electrons.